The number of hydrogen-bond donors (Lipinski definition) is 1. The summed E-state index contributed by atoms with van der Waals surface area (Å²) >= 11 is 0. The van der Waals surface area contributed by atoms with E-state index in [4.69, 9.17) is 9.47 Å². The monoisotopic (exact) mass is 355 g/mol. The third kappa shape index (κ3) is 3.50. The molecule has 2 fully saturated rings. The molecule has 6 nitrogen and oxygen atoms in total. The molecule has 0 radical (unpaired) electrons. The zero-order valence-electron chi connectivity index (χ0n) is 14.1. The summed E-state index contributed by atoms with van der Waals surface area (Å²) in [6, 6.07) is 6.30. The van der Waals surface area contributed by atoms with Gasteiger partial charge in [-0.25, -0.2) is 8.42 Å². The Bertz CT molecular complexity index is 654. The highest BCUT2D eigenvalue weighted by Crippen LogP contribution is 2.34. The summed E-state index contributed by atoms with van der Waals surface area (Å²) in [5.74, 6) is 0.108. The van der Waals surface area contributed by atoms with E-state index in [1.54, 1.807) is 31.3 Å². The summed E-state index contributed by atoms with van der Waals surface area (Å²) in [5, 5.41) is 10.4. The van der Waals surface area contributed by atoms with Gasteiger partial charge in [-0.3, -0.25) is 0 Å². The van der Waals surface area contributed by atoms with Crippen molar-refractivity contribution in [2.24, 2.45) is 5.92 Å². The SMILES string of the molecule is Cc1ccc(S(=O)(=O)N(C)C2CC(C3OCCO3)CCC2O)cc1. The summed E-state index contributed by atoms with van der Waals surface area (Å²) in [5.41, 5.74) is 1.00. The molecule has 1 aliphatic heterocycles. The van der Waals surface area contributed by atoms with Crippen LogP contribution in [0.25, 0.3) is 0 Å². The van der Waals surface area contributed by atoms with E-state index < -0.39 is 22.2 Å². The number of nitrogens with zero attached hydrogens (tertiary/aromatic N) is 1. The van der Waals surface area contributed by atoms with Crippen LogP contribution in [0.3, 0.4) is 0 Å². The third-order valence-electron chi connectivity index (χ3n) is 5.02. The van der Waals surface area contributed by atoms with Gasteiger partial charge >= 0.3 is 0 Å². The molecule has 3 unspecified atom stereocenters. The summed E-state index contributed by atoms with van der Waals surface area (Å²) in [6.07, 6.45) is 0.906. The van der Waals surface area contributed by atoms with E-state index in [1.165, 1.54) is 4.31 Å². The largest absolute Gasteiger partial charge is 0.391 e. The van der Waals surface area contributed by atoms with Crippen LogP contribution in [0.15, 0.2) is 29.2 Å². The van der Waals surface area contributed by atoms with Crippen molar-refractivity contribution in [1.82, 2.24) is 4.31 Å². The highest BCUT2D eigenvalue weighted by Gasteiger charge is 2.41. The van der Waals surface area contributed by atoms with Gasteiger partial charge in [0.25, 0.3) is 0 Å². The summed E-state index contributed by atoms with van der Waals surface area (Å²) in [7, 11) is -2.10. The number of rotatable bonds is 4. The van der Waals surface area contributed by atoms with Crippen LogP contribution < -0.4 is 0 Å². The van der Waals surface area contributed by atoms with Gasteiger partial charge in [-0.2, -0.15) is 4.31 Å². The fourth-order valence-electron chi connectivity index (χ4n) is 3.50. The molecule has 1 aromatic rings. The third-order valence-corrected chi connectivity index (χ3v) is 6.92. The van der Waals surface area contributed by atoms with Crippen molar-refractivity contribution >= 4 is 10.0 Å². The van der Waals surface area contributed by atoms with Gasteiger partial charge in [0.15, 0.2) is 6.29 Å². The van der Waals surface area contributed by atoms with Crippen LogP contribution in [-0.2, 0) is 19.5 Å². The van der Waals surface area contributed by atoms with Crippen LogP contribution in [0, 0.1) is 12.8 Å². The maximum absolute atomic E-state index is 12.9. The van der Waals surface area contributed by atoms with Crippen molar-refractivity contribution in [2.45, 2.75) is 49.5 Å². The van der Waals surface area contributed by atoms with Gasteiger partial charge in [0, 0.05) is 13.0 Å². The van der Waals surface area contributed by atoms with E-state index in [1.807, 2.05) is 6.92 Å². The van der Waals surface area contributed by atoms with Gasteiger partial charge in [0.05, 0.1) is 30.3 Å². The topological polar surface area (TPSA) is 76.1 Å². The summed E-state index contributed by atoms with van der Waals surface area (Å²) in [6.45, 7) is 3.06. The predicted molar refractivity (Wildman–Crippen MR) is 89.0 cm³/mol. The second-order valence-electron chi connectivity index (χ2n) is 6.65. The number of aliphatic hydroxyl groups is 1. The van der Waals surface area contributed by atoms with Gasteiger partial charge < -0.3 is 14.6 Å². The van der Waals surface area contributed by atoms with Crippen molar-refractivity contribution in [3.63, 3.8) is 0 Å². The van der Waals surface area contributed by atoms with Gasteiger partial charge in [0.2, 0.25) is 10.0 Å². The smallest absolute Gasteiger partial charge is 0.243 e. The van der Waals surface area contributed by atoms with E-state index in [9.17, 15) is 13.5 Å². The highest BCUT2D eigenvalue weighted by molar-refractivity contribution is 7.89. The second-order valence-corrected chi connectivity index (χ2v) is 8.65. The molecule has 3 rings (SSSR count). The number of hydrogen-bond acceptors (Lipinski definition) is 5. The first-order chi connectivity index (χ1) is 11.4. The van der Waals surface area contributed by atoms with Crippen LogP contribution in [0.2, 0.25) is 0 Å². The first kappa shape index (κ1) is 17.8. The lowest BCUT2D eigenvalue weighted by Gasteiger charge is -2.39. The molecule has 1 saturated carbocycles. The quantitative estimate of drug-likeness (QED) is 0.886. The van der Waals surface area contributed by atoms with E-state index in [2.05, 4.69) is 0 Å². The van der Waals surface area contributed by atoms with Crippen LogP contribution in [0.1, 0.15) is 24.8 Å². The highest BCUT2D eigenvalue weighted by atomic mass is 32.2. The van der Waals surface area contributed by atoms with Crippen molar-refractivity contribution in [2.75, 3.05) is 20.3 Å². The molecule has 2 aliphatic rings. The maximum Gasteiger partial charge on any atom is 0.243 e. The first-order valence-electron chi connectivity index (χ1n) is 8.35. The molecule has 0 amide bonds. The van der Waals surface area contributed by atoms with E-state index in [0.717, 1.165) is 12.0 Å². The van der Waals surface area contributed by atoms with Crippen molar-refractivity contribution < 1.29 is 23.0 Å². The van der Waals surface area contributed by atoms with E-state index in [0.29, 0.717) is 26.1 Å². The normalized spacial score (nSPS) is 29.2. The number of aliphatic hydroxyl groups excluding tert-OH is 1. The second kappa shape index (κ2) is 7.09. The maximum atomic E-state index is 12.9. The minimum Gasteiger partial charge on any atom is -0.391 e. The Morgan fingerprint density at radius 1 is 1.12 bits per heavy atom. The van der Waals surface area contributed by atoms with Crippen LogP contribution >= 0.6 is 0 Å². The first-order valence-corrected chi connectivity index (χ1v) is 9.79. The molecule has 0 aromatic heterocycles. The molecule has 0 spiro atoms. The molecule has 7 heteroatoms. The molecule has 1 N–H and O–H groups in total. The Labute approximate surface area is 143 Å². The van der Waals surface area contributed by atoms with Crippen molar-refractivity contribution in [3.8, 4) is 0 Å². The Morgan fingerprint density at radius 3 is 2.38 bits per heavy atom. The zero-order valence-corrected chi connectivity index (χ0v) is 14.9. The molecule has 1 aliphatic carbocycles. The van der Waals surface area contributed by atoms with Crippen LogP contribution in [0.4, 0.5) is 0 Å². The Morgan fingerprint density at radius 2 is 1.75 bits per heavy atom. The molecule has 1 heterocycles. The van der Waals surface area contributed by atoms with Crippen molar-refractivity contribution in [1.29, 1.82) is 0 Å². The predicted octanol–water partition coefficient (Wildman–Crippen LogP) is 1.52. The summed E-state index contributed by atoms with van der Waals surface area (Å²) < 4.78 is 38.2. The van der Waals surface area contributed by atoms with Gasteiger partial charge in [0.1, 0.15) is 0 Å². The molecule has 3 atom stereocenters. The lowest BCUT2D eigenvalue weighted by Crippen LogP contribution is -2.49. The van der Waals surface area contributed by atoms with E-state index in [-0.39, 0.29) is 17.1 Å². The number of benzene rings is 1. The van der Waals surface area contributed by atoms with Crippen LogP contribution in [0.5, 0.6) is 0 Å². The molecule has 1 aromatic carbocycles. The van der Waals surface area contributed by atoms with Gasteiger partial charge in [-0.1, -0.05) is 17.7 Å². The van der Waals surface area contributed by atoms with Gasteiger partial charge in [-0.15, -0.1) is 0 Å². The molecule has 134 valence electrons. The lowest BCUT2D eigenvalue weighted by atomic mass is 9.83. The molecular weight excluding hydrogens is 330 g/mol. The average molecular weight is 355 g/mol. The van der Waals surface area contributed by atoms with Gasteiger partial charge in [-0.05, 0) is 38.3 Å². The number of ether oxygens (including phenoxy) is 2. The molecule has 1 saturated heterocycles. The Hall–Kier alpha value is -0.990. The molecule has 24 heavy (non-hydrogen) atoms. The number of sulfonamides is 1. The number of likely N-dealkylation sites (N-methyl/N-ethyl adjacent to an activating group) is 1. The molecule has 0 bridgehead atoms. The fraction of sp³-hybridized carbons (Fsp3) is 0.647. The zero-order chi connectivity index (χ0) is 17.3. The minimum absolute atomic E-state index is 0.108. The minimum atomic E-state index is -3.64. The fourth-order valence-corrected chi connectivity index (χ4v) is 4.90. The average Bonchev–Trinajstić information content (AvgIpc) is 3.09. The Kier molecular flexibility index (Phi) is 5.27. The standard InChI is InChI=1S/C17H25NO5S/c1-12-3-6-14(7-4-12)24(20,21)18(2)15-11-13(5-8-16(15)19)17-22-9-10-23-17/h3-4,6-7,13,15-17,19H,5,8-11H2,1-2H3. The number of aryl methyl sites for hydroxylation is 1. The van der Waals surface area contributed by atoms with E-state index >= 15 is 0 Å². The van der Waals surface area contributed by atoms with Crippen molar-refractivity contribution in [3.05, 3.63) is 29.8 Å². The Balaban J connectivity index is 1.78. The molecular formula is C17H25NO5S. The van der Waals surface area contributed by atoms with Crippen LogP contribution in [-0.4, -0.2) is 56.5 Å². The lowest BCUT2D eigenvalue weighted by molar-refractivity contribution is -0.108. The summed E-state index contributed by atoms with van der Waals surface area (Å²) in [4.78, 5) is 0.248.